The van der Waals surface area contributed by atoms with E-state index in [2.05, 4.69) is 0 Å². The molecule has 19 heavy (non-hydrogen) atoms. The molecular formula is C14H8F3NO. The Morgan fingerprint density at radius 2 is 1.68 bits per heavy atom. The van der Waals surface area contributed by atoms with E-state index in [1.54, 1.807) is 0 Å². The second-order valence-corrected chi connectivity index (χ2v) is 3.78. The molecule has 2 nitrogen and oxygen atoms in total. The third-order valence-electron chi connectivity index (χ3n) is 2.46. The summed E-state index contributed by atoms with van der Waals surface area (Å²) in [4.78, 5) is 0. The molecule has 0 saturated carbocycles. The average Bonchev–Trinajstić information content (AvgIpc) is 2.40. The second kappa shape index (κ2) is 5.44. The average molecular weight is 263 g/mol. The second-order valence-electron chi connectivity index (χ2n) is 3.78. The lowest BCUT2D eigenvalue weighted by Gasteiger charge is -2.08. The number of hydrogen-bond donors (Lipinski definition) is 0. The first-order valence-corrected chi connectivity index (χ1v) is 5.36. The normalized spacial score (nSPS) is 10.0. The van der Waals surface area contributed by atoms with E-state index in [1.165, 1.54) is 6.07 Å². The molecule has 0 aliphatic carbocycles. The zero-order valence-electron chi connectivity index (χ0n) is 9.66. The Labute approximate surface area is 107 Å². The summed E-state index contributed by atoms with van der Waals surface area (Å²) in [6, 6.07) is 8.22. The molecule has 2 rings (SSSR count). The molecule has 0 fully saturated rings. The number of benzene rings is 2. The van der Waals surface area contributed by atoms with Crippen LogP contribution in [-0.4, -0.2) is 0 Å². The predicted octanol–water partition coefficient (Wildman–Crippen LogP) is 3.55. The van der Waals surface area contributed by atoms with Crippen LogP contribution in [0, 0.1) is 28.8 Å². The van der Waals surface area contributed by atoms with E-state index in [-0.39, 0.29) is 23.5 Å². The van der Waals surface area contributed by atoms with E-state index in [0.717, 1.165) is 30.3 Å². The highest BCUT2D eigenvalue weighted by atomic mass is 19.1. The third-order valence-corrected chi connectivity index (χ3v) is 2.46. The molecule has 0 radical (unpaired) electrons. The van der Waals surface area contributed by atoms with E-state index in [1.807, 2.05) is 6.07 Å². The van der Waals surface area contributed by atoms with Crippen LogP contribution in [0.4, 0.5) is 13.2 Å². The smallest absolute Gasteiger partial charge is 0.165 e. The fraction of sp³-hybridized carbons (Fsp3) is 0.0714. The van der Waals surface area contributed by atoms with Crippen molar-refractivity contribution >= 4 is 0 Å². The Kier molecular flexibility index (Phi) is 3.71. The zero-order chi connectivity index (χ0) is 13.8. The van der Waals surface area contributed by atoms with Crippen LogP contribution in [0.3, 0.4) is 0 Å². The summed E-state index contributed by atoms with van der Waals surface area (Å²) in [5.74, 6) is -2.18. The lowest BCUT2D eigenvalue weighted by atomic mass is 10.1. The van der Waals surface area contributed by atoms with Crippen LogP contribution in [0.1, 0.15) is 11.1 Å². The molecule has 0 aliphatic heterocycles. The van der Waals surface area contributed by atoms with Crippen molar-refractivity contribution < 1.29 is 17.9 Å². The van der Waals surface area contributed by atoms with Gasteiger partial charge in [0.25, 0.3) is 0 Å². The SMILES string of the molecule is N#Cc1ccc(F)cc1COc1cc(F)ccc1F. The van der Waals surface area contributed by atoms with E-state index < -0.39 is 17.5 Å². The molecule has 0 unspecified atom stereocenters. The summed E-state index contributed by atoms with van der Waals surface area (Å²) in [5.41, 5.74) is 0.490. The lowest BCUT2D eigenvalue weighted by Crippen LogP contribution is -2.01. The van der Waals surface area contributed by atoms with Gasteiger partial charge in [0.15, 0.2) is 11.6 Å². The summed E-state index contributed by atoms with van der Waals surface area (Å²) in [5, 5.41) is 8.84. The first-order chi connectivity index (χ1) is 9.10. The number of ether oxygens (including phenoxy) is 1. The lowest BCUT2D eigenvalue weighted by molar-refractivity contribution is 0.287. The van der Waals surface area contributed by atoms with E-state index in [0.29, 0.717) is 0 Å². The molecule has 0 amide bonds. The summed E-state index contributed by atoms with van der Waals surface area (Å²) in [6.07, 6.45) is 0. The van der Waals surface area contributed by atoms with Gasteiger partial charge in [-0.15, -0.1) is 0 Å². The Bertz CT molecular complexity index is 650. The van der Waals surface area contributed by atoms with Crippen LogP contribution >= 0.6 is 0 Å². The van der Waals surface area contributed by atoms with Crippen molar-refractivity contribution in [2.24, 2.45) is 0 Å². The monoisotopic (exact) mass is 263 g/mol. The van der Waals surface area contributed by atoms with Gasteiger partial charge in [-0.25, -0.2) is 13.2 Å². The Hall–Kier alpha value is -2.48. The third kappa shape index (κ3) is 3.05. The molecule has 0 aromatic heterocycles. The van der Waals surface area contributed by atoms with Gasteiger partial charge in [0.1, 0.15) is 18.2 Å². The van der Waals surface area contributed by atoms with Crippen molar-refractivity contribution in [3.05, 3.63) is 65.0 Å². The molecule has 96 valence electrons. The summed E-state index contributed by atoms with van der Waals surface area (Å²) >= 11 is 0. The maximum Gasteiger partial charge on any atom is 0.165 e. The van der Waals surface area contributed by atoms with Gasteiger partial charge in [-0.3, -0.25) is 0 Å². The Morgan fingerprint density at radius 3 is 2.42 bits per heavy atom. The highest BCUT2D eigenvalue weighted by molar-refractivity contribution is 5.38. The van der Waals surface area contributed by atoms with E-state index in [4.69, 9.17) is 10.00 Å². The maximum absolute atomic E-state index is 13.3. The van der Waals surface area contributed by atoms with Crippen molar-refractivity contribution in [1.29, 1.82) is 5.26 Å². The summed E-state index contributed by atoms with van der Waals surface area (Å²) in [6.45, 7) is -0.221. The van der Waals surface area contributed by atoms with Crippen molar-refractivity contribution in [3.8, 4) is 11.8 Å². The highest BCUT2D eigenvalue weighted by Crippen LogP contribution is 2.20. The van der Waals surface area contributed by atoms with Crippen LogP contribution < -0.4 is 4.74 Å². The van der Waals surface area contributed by atoms with Crippen LogP contribution in [0.5, 0.6) is 5.75 Å². The molecule has 0 atom stereocenters. The van der Waals surface area contributed by atoms with Gasteiger partial charge in [0, 0.05) is 11.6 Å². The fourth-order valence-electron chi connectivity index (χ4n) is 1.53. The Balaban J connectivity index is 2.21. The van der Waals surface area contributed by atoms with Crippen molar-refractivity contribution in [3.63, 3.8) is 0 Å². The van der Waals surface area contributed by atoms with Gasteiger partial charge in [-0.1, -0.05) is 0 Å². The minimum absolute atomic E-state index is 0.221. The largest absolute Gasteiger partial charge is 0.486 e. The number of nitrogens with zero attached hydrogens (tertiary/aromatic N) is 1. The fourth-order valence-corrected chi connectivity index (χ4v) is 1.53. The highest BCUT2D eigenvalue weighted by Gasteiger charge is 2.08. The van der Waals surface area contributed by atoms with E-state index >= 15 is 0 Å². The van der Waals surface area contributed by atoms with Crippen LogP contribution in [0.25, 0.3) is 0 Å². The molecule has 0 spiro atoms. The standard InChI is InChI=1S/C14H8F3NO/c15-11-2-1-9(7-18)10(5-11)8-19-14-6-12(16)3-4-13(14)17/h1-6H,8H2. The van der Waals surface area contributed by atoms with Crippen LogP contribution in [-0.2, 0) is 6.61 Å². The molecular weight excluding hydrogens is 255 g/mol. The molecule has 0 bridgehead atoms. The topological polar surface area (TPSA) is 33.0 Å². The molecule has 5 heteroatoms. The molecule has 0 aliphatic rings. The summed E-state index contributed by atoms with van der Waals surface area (Å²) < 4.78 is 44.3. The predicted molar refractivity (Wildman–Crippen MR) is 61.8 cm³/mol. The summed E-state index contributed by atoms with van der Waals surface area (Å²) in [7, 11) is 0. The van der Waals surface area contributed by atoms with Gasteiger partial charge >= 0.3 is 0 Å². The molecule has 0 saturated heterocycles. The first-order valence-electron chi connectivity index (χ1n) is 5.36. The first kappa shape index (κ1) is 13.0. The minimum Gasteiger partial charge on any atom is -0.486 e. The maximum atomic E-state index is 13.3. The van der Waals surface area contributed by atoms with Crippen molar-refractivity contribution in [1.82, 2.24) is 0 Å². The number of hydrogen-bond acceptors (Lipinski definition) is 2. The number of nitriles is 1. The van der Waals surface area contributed by atoms with Gasteiger partial charge < -0.3 is 4.74 Å². The molecule has 2 aromatic rings. The minimum atomic E-state index is -0.726. The number of rotatable bonds is 3. The van der Waals surface area contributed by atoms with Crippen molar-refractivity contribution in [2.75, 3.05) is 0 Å². The van der Waals surface area contributed by atoms with Gasteiger partial charge in [0.05, 0.1) is 11.6 Å². The van der Waals surface area contributed by atoms with E-state index in [9.17, 15) is 13.2 Å². The molecule has 0 N–H and O–H groups in total. The number of halogens is 3. The quantitative estimate of drug-likeness (QED) is 0.848. The van der Waals surface area contributed by atoms with Crippen LogP contribution in [0.15, 0.2) is 36.4 Å². The van der Waals surface area contributed by atoms with Gasteiger partial charge in [-0.2, -0.15) is 5.26 Å². The van der Waals surface area contributed by atoms with Crippen molar-refractivity contribution in [2.45, 2.75) is 6.61 Å². The zero-order valence-corrected chi connectivity index (χ0v) is 9.66. The Morgan fingerprint density at radius 1 is 1.00 bits per heavy atom. The molecule has 0 heterocycles. The van der Waals surface area contributed by atoms with Gasteiger partial charge in [-0.05, 0) is 30.3 Å². The molecule has 2 aromatic carbocycles. The van der Waals surface area contributed by atoms with Crippen LogP contribution in [0.2, 0.25) is 0 Å². The van der Waals surface area contributed by atoms with Gasteiger partial charge in [0.2, 0.25) is 0 Å².